The predicted octanol–water partition coefficient (Wildman–Crippen LogP) is 2.35. The van der Waals surface area contributed by atoms with Crippen LogP contribution in [0.3, 0.4) is 0 Å². The molecule has 0 atom stereocenters. The molecule has 1 aromatic heterocycles. The predicted molar refractivity (Wildman–Crippen MR) is 97.8 cm³/mol. The van der Waals surface area contributed by atoms with Crippen LogP contribution in [0.5, 0.6) is 0 Å². The summed E-state index contributed by atoms with van der Waals surface area (Å²) in [5.41, 5.74) is 1.39. The Kier molecular flexibility index (Phi) is 4.75. The summed E-state index contributed by atoms with van der Waals surface area (Å²) in [5, 5.41) is 7.48. The van der Waals surface area contributed by atoms with Gasteiger partial charge in [-0.25, -0.2) is 16.8 Å². The summed E-state index contributed by atoms with van der Waals surface area (Å²) in [4.78, 5) is 0.155. The molecule has 0 saturated heterocycles. The molecule has 0 aliphatic carbocycles. The molecule has 0 unspecified atom stereocenters. The summed E-state index contributed by atoms with van der Waals surface area (Å²) in [7, 11) is -7.13. The van der Waals surface area contributed by atoms with Gasteiger partial charge in [0.05, 0.1) is 10.6 Å². The lowest BCUT2D eigenvalue weighted by molar-refractivity contribution is 0.595. The minimum absolute atomic E-state index is 0.123. The zero-order valence-corrected chi connectivity index (χ0v) is 15.3. The van der Waals surface area contributed by atoms with Crippen LogP contribution in [0.4, 0.5) is 5.69 Å². The zero-order valence-electron chi connectivity index (χ0n) is 13.7. The number of hydrogen-bond donors (Lipinski definition) is 1. The van der Waals surface area contributed by atoms with Gasteiger partial charge in [0.2, 0.25) is 0 Å². The monoisotopic (exact) mass is 389 g/mol. The average Bonchev–Trinajstić information content (AvgIpc) is 2.62. The molecular weight excluding hydrogens is 374 g/mol. The Morgan fingerprint density at radius 1 is 0.808 bits per heavy atom. The second kappa shape index (κ2) is 6.85. The summed E-state index contributed by atoms with van der Waals surface area (Å²) in [6.07, 6.45) is 1.05. The third kappa shape index (κ3) is 4.06. The van der Waals surface area contributed by atoms with Crippen LogP contribution in [0.25, 0.3) is 11.3 Å². The van der Waals surface area contributed by atoms with Crippen LogP contribution in [0.15, 0.2) is 76.7 Å². The maximum Gasteiger partial charge on any atom is 0.261 e. The van der Waals surface area contributed by atoms with E-state index in [4.69, 9.17) is 0 Å². The molecule has 1 heterocycles. The van der Waals surface area contributed by atoms with E-state index in [1.54, 1.807) is 42.5 Å². The van der Waals surface area contributed by atoms with Gasteiger partial charge >= 0.3 is 0 Å². The van der Waals surface area contributed by atoms with Crippen molar-refractivity contribution in [1.82, 2.24) is 10.2 Å². The standard InChI is InChI=1S/C17H15N3O4S2/c1-25(21,22)17-11-10-16(18-19-17)13-6-5-7-14(12-13)20-26(23,24)15-8-3-2-4-9-15/h2-12,20H,1H3. The molecule has 0 bridgehead atoms. The number of nitrogens with one attached hydrogen (secondary N) is 1. The van der Waals surface area contributed by atoms with Crippen molar-refractivity contribution in [3.8, 4) is 11.3 Å². The summed E-state index contributed by atoms with van der Waals surface area (Å²) in [6.45, 7) is 0. The van der Waals surface area contributed by atoms with E-state index in [1.807, 2.05) is 0 Å². The summed E-state index contributed by atoms with van der Waals surface area (Å²) in [6, 6.07) is 17.5. The molecule has 0 radical (unpaired) electrons. The fourth-order valence-electron chi connectivity index (χ4n) is 2.23. The number of benzene rings is 2. The van der Waals surface area contributed by atoms with Crippen LogP contribution in [0, 0.1) is 0 Å². The molecule has 26 heavy (non-hydrogen) atoms. The van der Waals surface area contributed by atoms with Gasteiger partial charge in [-0.2, -0.15) is 0 Å². The minimum atomic E-state index is -3.70. The number of hydrogen-bond acceptors (Lipinski definition) is 6. The molecule has 0 saturated carbocycles. The third-order valence-electron chi connectivity index (χ3n) is 3.48. The van der Waals surface area contributed by atoms with E-state index in [1.165, 1.54) is 24.3 Å². The highest BCUT2D eigenvalue weighted by Crippen LogP contribution is 2.23. The number of sulfone groups is 1. The molecule has 0 fully saturated rings. The van der Waals surface area contributed by atoms with Crippen LogP contribution in [0.2, 0.25) is 0 Å². The van der Waals surface area contributed by atoms with Crippen molar-refractivity contribution < 1.29 is 16.8 Å². The molecule has 3 rings (SSSR count). The Morgan fingerprint density at radius 2 is 1.54 bits per heavy atom. The molecule has 0 spiro atoms. The molecule has 134 valence electrons. The van der Waals surface area contributed by atoms with Gasteiger partial charge in [-0.3, -0.25) is 4.72 Å². The van der Waals surface area contributed by atoms with Crippen molar-refractivity contribution in [2.45, 2.75) is 9.92 Å². The Morgan fingerprint density at radius 3 is 2.15 bits per heavy atom. The van der Waals surface area contributed by atoms with Crippen LogP contribution in [-0.4, -0.2) is 33.3 Å². The van der Waals surface area contributed by atoms with Crippen molar-refractivity contribution in [1.29, 1.82) is 0 Å². The maximum absolute atomic E-state index is 12.4. The van der Waals surface area contributed by atoms with Gasteiger partial charge in [-0.05, 0) is 36.4 Å². The van der Waals surface area contributed by atoms with Crippen LogP contribution < -0.4 is 4.72 Å². The van der Waals surface area contributed by atoms with Crippen molar-refractivity contribution in [3.05, 3.63) is 66.7 Å². The molecule has 0 aliphatic heterocycles. The lowest BCUT2D eigenvalue weighted by atomic mass is 10.1. The normalized spacial score (nSPS) is 11.9. The third-order valence-corrected chi connectivity index (χ3v) is 5.86. The molecule has 1 N–H and O–H groups in total. The number of sulfonamides is 1. The van der Waals surface area contributed by atoms with Gasteiger partial charge in [0, 0.05) is 17.5 Å². The van der Waals surface area contributed by atoms with E-state index < -0.39 is 19.9 Å². The molecular formula is C17H15N3O4S2. The van der Waals surface area contributed by atoms with E-state index in [-0.39, 0.29) is 9.92 Å². The first-order chi connectivity index (χ1) is 12.3. The van der Waals surface area contributed by atoms with Crippen molar-refractivity contribution in [2.24, 2.45) is 0 Å². The Balaban J connectivity index is 1.89. The largest absolute Gasteiger partial charge is 0.280 e. The molecule has 0 amide bonds. The van der Waals surface area contributed by atoms with E-state index in [2.05, 4.69) is 14.9 Å². The Bertz CT molecular complexity index is 1130. The maximum atomic E-state index is 12.4. The van der Waals surface area contributed by atoms with E-state index in [0.29, 0.717) is 16.9 Å². The zero-order chi connectivity index (χ0) is 18.8. The topological polar surface area (TPSA) is 106 Å². The van der Waals surface area contributed by atoms with E-state index in [9.17, 15) is 16.8 Å². The van der Waals surface area contributed by atoms with Gasteiger partial charge in [0.15, 0.2) is 14.9 Å². The van der Waals surface area contributed by atoms with E-state index >= 15 is 0 Å². The van der Waals surface area contributed by atoms with E-state index in [0.717, 1.165) is 6.26 Å². The van der Waals surface area contributed by atoms with Crippen LogP contribution >= 0.6 is 0 Å². The summed E-state index contributed by atoms with van der Waals surface area (Å²) < 4.78 is 50.2. The van der Waals surface area contributed by atoms with Crippen molar-refractivity contribution in [3.63, 3.8) is 0 Å². The van der Waals surface area contributed by atoms with Gasteiger partial charge < -0.3 is 0 Å². The highest BCUT2D eigenvalue weighted by Gasteiger charge is 2.14. The highest BCUT2D eigenvalue weighted by molar-refractivity contribution is 7.92. The lowest BCUT2D eigenvalue weighted by Gasteiger charge is -2.09. The second-order valence-electron chi connectivity index (χ2n) is 5.53. The van der Waals surface area contributed by atoms with Gasteiger partial charge in [-0.1, -0.05) is 30.3 Å². The molecule has 0 aliphatic rings. The first-order valence-electron chi connectivity index (χ1n) is 7.48. The average molecular weight is 389 g/mol. The number of aromatic nitrogens is 2. The van der Waals surface area contributed by atoms with Crippen molar-refractivity contribution >= 4 is 25.5 Å². The number of rotatable bonds is 5. The minimum Gasteiger partial charge on any atom is -0.280 e. The lowest BCUT2D eigenvalue weighted by Crippen LogP contribution is -2.12. The number of anilines is 1. The highest BCUT2D eigenvalue weighted by atomic mass is 32.2. The summed E-state index contributed by atoms with van der Waals surface area (Å²) >= 11 is 0. The smallest absolute Gasteiger partial charge is 0.261 e. The molecule has 3 aromatic rings. The Hall–Kier alpha value is -2.78. The molecule has 9 heteroatoms. The first kappa shape index (κ1) is 18.0. The quantitative estimate of drug-likeness (QED) is 0.718. The summed E-state index contributed by atoms with van der Waals surface area (Å²) in [5.74, 6) is 0. The molecule has 2 aromatic carbocycles. The fraction of sp³-hybridized carbons (Fsp3) is 0.0588. The van der Waals surface area contributed by atoms with Gasteiger partial charge in [0.25, 0.3) is 10.0 Å². The first-order valence-corrected chi connectivity index (χ1v) is 10.9. The SMILES string of the molecule is CS(=O)(=O)c1ccc(-c2cccc(NS(=O)(=O)c3ccccc3)c2)nn1. The number of nitrogens with zero attached hydrogens (tertiary/aromatic N) is 2. The fourth-order valence-corrected chi connectivity index (χ4v) is 3.80. The second-order valence-corrected chi connectivity index (χ2v) is 9.17. The van der Waals surface area contributed by atoms with Gasteiger partial charge in [-0.15, -0.1) is 10.2 Å². The molecule has 7 nitrogen and oxygen atoms in total. The van der Waals surface area contributed by atoms with Gasteiger partial charge in [0.1, 0.15) is 0 Å². The Labute approximate surface area is 151 Å². The van der Waals surface area contributed by atoms with Crippen molar-refractivity contribution in [2.75, 3.05) is 11.0 Å². The van der Waals surface area contributed by atoms with Crippen LogP contribution in [-0.2, 0) is 19.9 Å². The van der Waals surface area contributed by atoms with Crippen LogP contribution in [0.1, 0.15) is 0 Å².